The van der Waals surface area contributed by atoms with E-state index in [9.17, 15) is 13.6 Å². The fraction of sp³-hybridized carbons (Fsp3) is 0.889. The van der Waals surface area contributed by atoms with Crippen LogP contribution in [0.4, 0.5) is 8.78 Å². The van der Waals surface area contributed by atoms with Gasteiger partial charge < -0.3 is 4.74 Å². The molecular weight excluding hydrogens is 178 g/mol. The summed E-state index contributed by atoms with van der Waals surface area (Å²) in [5.41, 5.74) is -0.871. The van der Waals surface area contributed by atoms with E-state index < -0.39 is 23.7 Å². The van der Waals surface area contributed by atoms with Gasteiger partial charge in [-0.05, 0) is 19.8 Å². The van der Waals surface area contributed by atoms with Crippen molar-refractivity contribution in [1.82, 2.24) is 0 Å². The zero-order chi connectivity index (χ0) is 10.1. The van der Waals surface area contributed by atoms with E-state index in [0.29, 0.717) is 6.42 Å². The number of halogens is 2. The van der Waals surface area contributed by atoms with Crippen LogP contribution in [0.3, 0.4) is 0 Å². The molecule has 2 atom stereocenters. The van der Waals surface area contributed by atoms with E-state index in [-0.39, 0.29) is 13.0 Å². The fourth-order valence-corrected chi connectivity index (χ4v) is 1.72. The molecule has 0 bridgehead atoms. The first kappa shape index (κ1) is 10.4. The maximum atomic E-state index is 12.3. The van der Waals surface area contributed by atoms with E-state index in [4.69, 9.17) is 4.74 Å². The maximum Gasteiger partial charge on any atom is 0.312 e. The second-order valence-corrected chi connectivity index (χ2v) is 3.38. The molecule has 0 spiro atoms. The summed E-state index contributed by atoms with van der Waals surface area (Å²) < 4.78 is 29.4. The Labute approximate surface area is 76.3 Å². The molecule has 0 aromatic rings. The first-order valence-corrected chi connectivity index (χ1v) is 4.53. The molecule has 0 aliphatic heterocycles. The van der Waals surface area contributed by atoms with Gasteiger partial charge in [0.1, 0.15) is 0 Å². The highest BCUT2D eigenvalue weighted by Crippen LogP contribution is 2.58. The predicted octanol–water partition coefficient (Wildman–Crippen LogP) is 2.23. The lowest BCUT2D eigenvalue weighted by Crippen LogP contribution is -2.22. The minimum Gasteiger partial charge on any atom is -0.466 e. The second-order valence-electron chi connectivity index (χ2n) is 3.38. The van der Waals surface area contributed by atoms with Crippen LogP contribution >= 0.6 is 0 Å². The fourth-order valence-electron chi connectivity index (χ4n) is 1.72. The monoisotopic (exact) mass is 192 g/mol. The number of carbonyl (C=O) groups excluding carboxylic acids is 1. The van der Waals surface area contributed by atoms with Crippen LogP contribution < -0.4 is 0 Å². The van der Waals surface area contributed by atoms with E-state index in [1.54, 1.807) is 13.8 Å². The smallest absolute Gasteiger partial charge is 0.312 e. The molecule has 1 unspecified atom stereocenters. The van der Waals surface area contributed by atoms with Crippen LogP contribution in [0.1, 0.15) is 26.7 Å². The third kappa shape index (κ3) is 1.67. The van der Waals surface area contributed by atoms with E-state index in [0.717, 1.165) is 0 Å². The van der Waals surface area contributed by atoms with Gasteiger partial charge in [0.05, 0.1) is 12.0 Å². The van der Waals surface area contributed by atoms with Crippen molar-refractivity contribution in [2.75, 3.05) is 6.61 Å². The Kier molecular flexibility index (Phi) is 2.88. The van der Waals surface area contributed by atoms with Crippen LogP contribution in [0.2, 0.25) is 0 Å². The molecule has 0 heterocycles. The second kappa shape index (κ2) is 3.60. The summed E-state index contributed by atoms with van der Waals surface area (Å²) >= 11 is 0. The third-order valence-corrected chi connectivity index (χ3v) is 2.75. The molecular formula is C9H14F2O2. The Bertz CT molecular complexity index is 206. The molecule has 2 nitrogen and oxygen atoms in total. The van der Waals surface area contributed by atoms with Crippen LogP contribution in [-0.2, 0) is 9.53 Å². The third-order valence-electron chi connectivity index (χ3n) is 2.75. The topological polar surface area (TPSA) is 26.3 Å². The summed E-state index contributed by atoms with van der Waals surface area (Å²) in [7, 11) is 0. The molecule has 1 rings (SSSR count). The van der Waals surface area contributed by atoms with Crippen molar-refractivity contribution in [2.24, 2.45) is 11.3 Å². The highest BCUT2D eigenvalue weighted by molar-refractivity contribution is 5.80. The number of rotatable bonds is 4. The number of ether oxygens (including phenoxy) is 1. The Morgan fingerprint density at radius 3 is 2.54 bits per heavy atom. The van der Waals surface area contributed by atoms with Crippen molar-refractivity contribution >= 4 is 5.97 Å². The summed E-state index contributed by atoms with van der Waals surface area (Å²) in [6.45, 7) is 3.69. The molecule has 0 saturated heterocycles. The number of carbonyl (C=O) groups is 1. The standard InChI is InChI=1S/C9H14F2O2/c1-3-9(8(12)13-4-2)5-6(9)7(10)11/h6-7H,3-5H2,1-2H3/t6?,9-/m0/s1. The van der Waals surface area contributed by atoms with Gasteiger partial charge in [0, 0.05) is 5.92 Å². The van der Waals surface area contributed by atoms with E-state index >= 15 is 0 Å². The summed E-state index contributed by atoms with van der Waals surface area (Å²) in [5, 5.41) is 0. The van der Waals surface area contributed by atoms with Crippen LogP contribution in [0, 0.1) is 11.3 Å². The minimum absolute atomic E-state index is 0.260. The molecule has 0 amide bonds. The van der Waals surface area contributed by atoms with Gasteiger partial charge in [-0.3, -0.25) is 4.79 Å². The molecule has 0 aromatic heterocycles. The molecule has 0 radical (unpaired) electrons. The van der Waals surface area contributed by atoms with Crippen molar-refractivity contribution in [3.05, 3.63) is 0 Å². The van der Waals surface area contributed by atoms with Gasteiger partial charge in [-0.1, -0.05) is 6.92 Å². The van der Waals surface area contributed by atoms with Gasteiger partial charge in [0.2, 0.25) is 6.43 Å². The number of alkyl halides is 2. The van der Waals surface area contributed by atoms with E-state index in [2.05, 4.69) is 0 Å². The Morgan fingerprint density at radius 1 is 1.62 bits per heavy atom. The van der Waals surface area contributed by atoms with Crippen molar-refractivity contribution in [3.63, 3.8) is 0 Å². The molecule has 4 heteroatoms. The Balaban J connectivity index is 2.59. The summed E-state index contributed by atoms with van der Waals surface area (Å²) in [6.07, 6.45) is -1.68. The first-order valence-electron chi connectivity index (χ1n) is 4.53. The first-order chi connectivity index (χ1) is 6.08. The van der Waals surface area contributed by atoms with Crippen molar-refractivity contribution in [2.45, 2.75) is 33.1 Å². The molecule has 13 heavy (non-hydrogen) atoms. The Morgan fingerprint density at radius 2 is 2.23 bits per heavy atom. The average molecular weight is 192 g/mol. The predicted molar refractivity (Wildman–Crippen MR) is 43.5 cm³/mol. The van der Waals surface area contributed by atoms with E-state index in [1.165, 1.54) is 0 Å². The number of esters is 1. The van der Waals surface area contributed by atoms with Gasteiger partial charge in [-0.25, -0.2) is 8.78 Å². The SMILES string of the molecule is CCOC(=O)[C@@]1(CC)CC1C(F)F. The summed E-state index contributed by atoms with van der Waals surface area (Å²) in [6, 6.07) is 0. The lowest BCUT2D eigenvalue weighted by atomic mass is 10.0. The average Bonchev–Trinajstić information content (AvgIpc) is 2.80. The van der Waals surface area contributed by atoms with Crippen LogP contribution in [0.15, 0.2) is 0 Å². The zero-order valence-electron chi connectivity index (χ0n) is 7.85. The van der Waals surface area contributed by atoms with Crippen LogP contribution in [0.5, 0.6) is 0 Å². The quantitative estimate of drug-likeness (QED) is 0.638. The molecule has 1 aliphatic carbocycles. The van der Waals surface area contributed by atoms with Crippen LogP contribution in [0.25, 0.3) is 0 Å². The van der Waals surface area contributed by atoms with Gasteiger partial charge in [-0.15, -0.1) is 0 Å². The molecule has 1 fully saturated rings. The van der Waals surface area contributed by atoms with Gasteiger partial charge in [0.25, 0.3) is 0 Å². The van der Waals surface area contributed by atoms with E-state index in [1.807, 2.05) is 0 Å². The molecule has 0 N–H and O–H groups in total. The maximum absolute atomic E-state index is 12.3. The highest BCUT2D eigenvalue weighted by Gasteiger charge is 2.63. The minimum atomic E-state index is -2.40. The summed E-state index contributed by atoms with van der Waals surface area (Å²) in [4.78, 5) is 11.3. The number of hydrogen-bond acceptors (Lipinski definition) is 2. The summed E-state index contributed by atoms with van der Waals surface area (Å²) in [5.74, 6) is -1.24. The van der Waals surface area contributed by atoms with Crippen LogP contribution in [-0.4, -0.2) is 19.0 Å². The molecule has 0 aromatic carbocycles. The molecule has 1 saturated carbocycles. The number of hydrogen-bond donors (Lipinski definition) is 0. The zero-order valence-corrected chi connectivity index (χ0v) is 7.85. The van der Waals surface area contributed by atoms with Crippen molar-refractivity contribution in [1.29, 1.82) is 0 Å². The van der Waals surface area contributed by atoms with Gasteiger partial charge in [0.15, 0.2) is 0 Å². The van der Waals surface area contributed by atoms with Gasteiger partial charge in [-0.2, -0.15) is 0 Å². The molecule has 76 valence electrons. The lowest BCUT2D eigenvalue weighted by Gasteiger charge is -2.12. The van der Waals surface area contributed by atoms with Gasteiger partial charge >= 0.3 is 5.97 Å². The largest absolute Gasteiger partial charge is 0.466 e. The highest BCUT2D eigenvalue weighted by atomic mass is 19.3. The molecule has 1 aliphatic rings. The normalized spacial score (nSPS) is 31.9. The van der Waals surface area contributed by atoms with Crippen molar-refractivity contribution in [3.8, 4) is 0 Å². The Hall–Kier alpha value is -0.670. The lowest BCUT2D eigenvalue weighted by molar-refractivity contribution is -0.151. The van der Waals surface area contributed by atoms with Crippen molar-refractivity contribution < 1.29 is 18.3 Å².